The van der Waals surface area contributed by atoms with E-state index in [1.807, 2.05) is 72.1 Å². The molecule has 0 radical (unpaired) electrons. The molecular weight excluding hydrogens is 1090 g/mol. The van der Waals surface area contributed by atoms with Gasteiger partial charge in [-0.05, 0) is 179 Å². The number of amides is 3. The van der Waals surface area contributed by atoms with E-state index in [4.69, 9.17) is 44.6 Å². The highest BCUT2D eigenvalue weighted by Crippen LogP contribution is 2.36. The van der Waals surface area contributed by atoms with Crippen LogP contribution in [0, 0.1) is 40.0 Å². The third kappa shape index (κ3) is 13.0. The van der Waals surface area contributed by atoms with E-state index in [1.165, 1.54) is 6.20 Å². The second-order valence-electron chi connectivity index (χ2n) is 21.2. The highest BCUT2D eigenvalue weighted by atomic mass is 35.5. The van der Waals surface area contributed by atoms with Crippen molar-refractivity contribution in [2.45, 2.75) is 84.3 Å². The number of anilines is 3. The molecule has 0 bridgehead atoms. The molecule has 3 saturated heterocycles. The molecule has 0 spiro atoms. The van der Waals surface area contributed by atoms with Crippen LogP contribution in [0.1, 0.15) is 116 Å². The number of rotatable bonds is 10. The molecule has 3 aromatic carbocycles. The summed E-state index contributed by atoms with van der Waals surface area (Å²) in [7, 11) is 3.70. The molecule has 19 nitrogen and oxygen atoms in total. The van der Waals surface area contributed by atoms with Crippen LogP contribution in [0.3, 0.4) is 0 Å². The third-order valence-electron chi connectivity index (χ3n) is 15.4. The van der Waals surface area contributed by atoms with E-state index >= 15 is 0 Å². The number of nitrogens with one attached hydrogen (secondary N) is 5. The van der Waals surface area contributed by atoms with Crippen molar-refractivity contribution in [1.29, 1.82) is 0 Å². The Balaban J connectivity index is 0.000000139. The molecule has 0 saturated carbocycles. The largest absolute Gasteiger partial charge is 0.495 e. The smallest absolute Gasteiger partial charge is 0.261 e. The number of benzene rings is 3. The Morgan fingerprint density at radius 3 is 1.61 bits per heavy atom. The van der Waals surface area contributed by atoms with Crippen molar-refractivity contribution in [2.75, 3.05) is 69.4 Å². The number of terminal acetylenes is 1. The molecule has 3 fully saturated rings. The maximum Gasteiger partial charge on any atom is 0.261 e. The van der Waals surface area contributed by atoms with Crippen molar-refractivity contribution in [2.24, 2.45) is 0 Å². The SMILES string of the molecule is C#Cc1ccc(NC(=O)c2cnc3c(c(C)nn3C3CCNCC3)c2Cl)cc1.COc1c(C(=O)Nc2ccc(Cl)cc2)cnc2c1c(C)nn2C1CCN(C)CC1.Cc1ccc(NC(=O)c2cnc3c(c2)c(C)nn3C2CCNCC2)cc1. The Bertz CT molecular complexity index is 3850. The molecule has 6 aromatic heterocycles. The normalized spacial score (nSPS) is 15.2. The van der Waals surface area contributed by atoms with Gasteiger partial charge in [0, 0.05) is 51.6 Å². The summed E-state index contributed by atoms with van der Waals surface area (Å²) in [6, 6.07) is 24.6. The summed E-state index contributed by atoms with van der Waals surface area (Å²) in [5.74, 6) is 2.29. The van der Waals surface area contributed by atoms with Crippen LogP contribution in [-0.2, 0) is 0 Å². The molecule has 5 N–H and O–H groups in total. The maximum atomic E-state index is 12.9. The molecule has 12 rings (SSSR count). The number of ether oxygens (including phenoxy) is 1. The van der Waals surface area contributed by atoms with E-state index in [-0.39, 0.29) is 23.8 Å². The molecule has 428 valence electrons. The van der Waals surface area contributed by atoms with Gasteiger partial charge in [-0.2, -0.15) is 15.3 Å². The van der Waals surface area contributed by atoms with Crippen molar-refractivity contribution in [3.8, 4) is 18.1 Å². The van der Waals surface area contributed by atoms with Gasteiger partial charge in [-0.25, -0.2) is 29.0 Å². The molecule has 3 aliphatic heterocycles. The summed E-state index contributed by atoms with van der Waals surface area (Å²) in [6.07, 6.45) is 16.2. The molecule has 3 aliphatic rings. The Kier molecular flexibility index (Phi) is 18.1. The quantitative estimate of drug-likeness (QED) is 0.0807. The minimum absolute atomic E-state index is 0.155. The average molecular weight is 1160 g/mol. The third-order valence-corrected chi connectivity index (χ3v) is 16.1. The fraction of sp³-hybridized carbons (Fsp3) is 0.339. The van der Waals surface area contributed by atoms with E-state index in [9.17, 15) is 14.4 Å². The fourth-order valence-corrected chi connectivity index (χ4v) is 11.3. The van der Waals surface area contributed by atoms with E-state index in [0.717, 1.165) is 145 Å². The number of fused-ring (bicyclic) bond motifs is 3. The van der Waals surface area contributed by atoms with Gasteiger partial charge in [0.2, 0.25) is 0 Å². The van der Waals surface area contributed by atoms with Crippen molar-refractivity contribution in [1.82, 2.24) is 59.8 Å². The summed E-state index contributed by atoms with van der Waals surface area (Å²) in [6.45, 7) is 13.8. The number of methoxy groups -OCH3 is 1. The molecular formula is C62H67Cl2N15O4. The summed E-state index contributed by atoms with van der Waals surface area (Å²) in [5.41, 5.74) is 10.1. The Labute approximate surface area is 491 Å². The summed E-state index contributed by atoms with van der Waals surface area (Å²) in [4.78, 5) is 54.2. The van der Waals surface area contributed by atoms with Crippen LogP contribution in [-0.4, -0.2) is 120 Å². The number of hydrogen-bond acceptors (Lipinski definition) is 13. The van der Waals surface area contributed by atoms with Crippen LogP contribution in [0.4, 0.5) is 17.1 Å². The number of carbonyl (C=O) groups is 3. The monoisotopic (exact) mass is 1160 g/mol. The second-order valence-corrected chi connectivity index (χ2v) is 22.0. The van der Waals surface area contributed by atoms with Gasteiger partial charge in [0.25, 0.3) is 17.7 Å². The van der Waals surface area contributed by atoms with Gasteiger partial charge >= 0.3 is 0 Å². The maximum absolute atomic E-state index is 12.9. The number of likely N-dealkylation sites (tertiary alicyclic amines) is 1. The van der Waals surface area contributed by atoms with Gasteiger partial charge in [0.1, 0.15) is 11.3 Å². The number of nitrogens with zero attached hydrogens (tertiary/aromatic N) is 10. The number of carbonyl (C=O) groups excluding carboxylic acids is 3. The van der Waals surface area contributed by atoms with Crippen LogP contribution in [0.2, 0.25) is 10.0 Å². The van der Waals surface area contributed by atoms with Crippen LogP contribution in [0.25, 0.3) is 33.1 Å². The zero-order valence-corrected chi connectivity index (χ0v) is 48.9. The number of halogens is 2. The first-order valence-electron chi connectivity index (χ1n) is 27.9. The lowest BCUT2D eigenvalue weighted by atomic mass is 10.1. The van der Waals surface area contributed by atoms with E-state index in [1.54, 1.807) is 68.0 Å². The molecule has 21 heteroatoms. The molecule has 0 atom stereocenters. The van der Waals surface area contributed by atoms with Crippen LogP contribution >= 0.6 is 23.2 Å². The van der Waals surface area contributed by atoms with E-state index in [2.05, 4.69) is 64.5 Å². The molecule has 0 unspecified atom stereocenters. The van der Waals surface area contributed by atoms with E-state index in [0.29, 0.717) is 55.9 Å². The molecule has 3 amide bonds. The van der Waals surface area contributed by atoms with Gasteiger partial charge in [-0.15, -0.1) is 6.42 Å². The number of pyridine rings is 3. The molecule has 9 aromatic rings. The van der Waals surface area contributed by atoms with Crippen molar-refractivity contribution < 1.29 is 19.1 Å². The Hall–Kier alpha value is -8.25. The summed E-state index contributed by atoms with van der Waals surface area (Å²) >= 11 is 12.5. The minimum Gasteiger partial charge on any atom is -0.495 e. The van der Waals surface area contributed by atoms with Crippen LogP contribution < -0.4 is 31.3 Å². The highest BCUT2D eigenvalue weighted by molar-refractivity contribution is 6.39. The lowest BCUT2D eigenvalue weighted by Gasteiger charge is -2.29. The summed E-state index contributed by atoms with van der Waals surface area (Å²) < 4.78 is 11.6. The van der Waals surface area contributed by atoms with Gasteiger partial charge < -0.3 is 36.2 Å². The second kappa shape index (κ2) is 25.9. The number of hydrogen-bond donors (Lipinski definition) is 5. The van der Waals surface area contributed by atoms with Gasteiger partial charge in [-0.1, -0.05) is 46.8 Å². The fourth-order valence-electron chi connectivity index (χ4n) is 10.8. The minimum atomic E-state index is -0.318. The van der Waals surface area contributed by atoms with Crippen LogP contribution in [0.15, 0.2) is 97.5 Å². The zero-order chi connectivity index (χ0) is 58.3. The molecule has 83 heavy (non-hydrogen) atoms. The van der Waals surface area contributed by atoms with Crippen molar-refractivity contribution in [3.05, 3.63) is 152 Å². The molecule has 9 heterocycles. The lowest BCUT2D eigenvalue weighted by Crippen LogP contribution is -2.32. The van der Waals surface area contributed by atoms with Crippen molar-refractivity contribution >= 4 is 91.1 Å². The predicted octanol–water partition coefficient (Wildman–Crippen LogP) is 10.7. The standard InChI is InChI=1S/C21H24ClN5O2.C21H20ClN5O.C20H23N5O/c1-13-18-19(29-3)17(21(28)24-15-6-4-14(22)5-7-15)12-23-20(18)27(25-13)16-8-10-26(2)11-9-16;1-3-14-4-6-15(7-5-14)25-21(28)17-12-24-20-18(19(17)22)13(2)26-27(20)16-8-10-23-11-9-16;1-13-3-5-16(6-4-13)23-20(26)15-11-18-14(2)24-25(19(18)22-12-15)17-7-9-21-10-8-17/h4-7,12,16H,8-11H2,1-3H3,(H,24,28);1,4-7,12,16,23H,8-11H2,2H3,(H,25,28);3-6,11-12,17,21H,7-10H2,1-2H3,(H,23,26). The Morgan fingerprint density at radius 2 is 1.05 bits per heavy atom. The topological polar surface area (TPSA) is 216 Å². The Morgan fingerprint density at radius 1 is 0.590 bits per heavy atom. The number of aromatic nitrogens is 9. The number of aryl methyl sites for hydroxylation is 4. The van der Waals surface area contributed by atoms with Crippen molar-refractivity contribution in [3.63, 3.8) is 0 Å². The molecule has 0 aliphatic carbocycles. The first-order valence-corrected chi connectivity index (χ1v) is 28.7. The zero-order valence-electron chi connectivity index (χ0n) is 47.4. The number of piperidine rings is 3. The summed E-state index contributed by atoms with van der Waals surface area (Å²) in [5, 5.41) is 32.9. The van der Waals surface area contributed by atoms with Gasteiger partial charge in [0.15, 0.2) is 16.9 Å². The lowest BCUT2D eigenvalue weighted by molar-refractivity contribution is 0.101. The van der Waals surface area contributed by atoms with Crippen LogP contribution in [0.5, 0.6) is 5.75 Å². The van der Waals surface area contributed by atoms with Gasteiger partial charge in [-0.3, -0.25) is 14.4 Å². The van der Waals surface area contributed by atoms with E-state index < -0.39 is 0 Å². The highest BCUT2D eigenvalue weighted by Gasteiger charge is 2.28. The first kappa shape index (κ1) is 58.0. The predicted molar refractivity (Wildman–Crippen MR) is 327 cm³/mol. The average Bonchev–Trinajstić information content (AvgIpc) is 2.52. The first-order chi connectivity index (χ1) is 40.2. The van der Waals surface area contributed by atoms with Gasteiger partial charge in [0.05, 0.1) is 69.2 Å².